The Hall–Kier alpha value is -3.08. The fraction of sp³-hybridized carbons (Fsp3) is 0.158. The SMILES string of the molecule is Cc1cccc(OCC(=O)n2c(C)c(C(=O)O)c3ccccc32)c1. The van der Waals surface area contributed by atoms with Crippen molar-refractivity contribution >= 4 is 22.8 Å². The number of hydrogen-bond donors (Lipinski definition) is 1. The summed E-state index contributed by atoms with van der Waals surface area (Å²) in [6, 6.07) is 14.4. The van der Waals surface area contributed by atoms with Gasteiger partial charge in [0.15, 0.2) is 6.61 Å². The summed E-state index contributed by atoms with van der Waals surface area (Å²) >= 11 is 0. The Morgan fingerprint density at radius 3 is 2.54 bits per heavy atom. The van der Waals surface area contributed by atoms with Gasteiger partial charge in [-0.25, -0.2) is 4.79 Å². The average Bonchev–Trinajstić information content (AvgIpc) is 2.84. The Bertz CT molecular complexity index is 940. The minimum Gasteiger partial charge on any atom is -0.484 e. The maximum Gasteiger partial charge on any atom is 0.338 e. The minimum absolute atomic E-state index is 0.148. The highest BCUT2D eigenvalue weighted by atomic mass is 16.5. The lowest BCUT2D eigenvalue weighted by atomic mass is 10.1. The largest absolute Gasteiger partial charge is 0.484 e. The van der Waals surface area contributed by atoms with E-state index >= 15 is 0 Å². The van der Waals surface area contributed by atoms with Crippen LogP contribution in [0, 0.1) is 13.8 Å². The van der Waals surface area contributed by atoms with Crippen LogP contribution in [-0.4, -0.2) is 28.2 Å². The molecular formula is C19H17NO4. The maximum absolute atomic E-state index is 12.6. The van der Waals surface area contributed by atoms with E-state index < -0.39 is 5.97 Å². The molecule has 5 heteroatoms. The topological polar surface area (TPSA) is 68.5 Å². The summed E-state index contributed by atoms with van der Waals surface area (Å²) in [4.78, 5) is 24.2. The number of aromatic nitrogens is 1. The lowest BCUT2D eigenvalue weighted by Gasteiger charge is -2.09. The van der Waals surface area contributed by atoms with Crippen molar-refractivity contribution in [2.24, 2.45) is 0 Å². The van der Waals surface area contributed by atoms with Crippen LogP contribution in [0.25, 0.3) is 10.9 Å². The highest BCUT2D eigenvalue weighted by Gasteiger charge is 2.22. The number of nitrogens with zero attached hydrogens (tertiary/aromatic N) is 1. The number of benzene rings is 2. The van der Waals surface area contributed by atoms with Gasteiger partial charge in [-0.2, -0.15) is 0 Å². The Labute approximate surface area is 139 Å². The van der Waals surface area contributed by atoms with Crippen LogP contribution in [0.15, 0.2) is 48.5 Å². The number of carbonyl (C=O) groups excluding carboxylic acids is 1. The average molecular weight is 323 g/mol. The van der Waals surface area contributed by atoms with Gasteiger partial charge in [0.2, 0.25) is 0 Å². The van der Waals surface area contributed by atoms with Crippen LogP contribution in [0.4, 0.5) is 0 Å². The number of rotatable bonds is 4. The number of aryl methyl sites for hydroxylation is 1. The van der Waals surface area contributed by atoms with E-state index in [0.29, 0.717) is 22.3 Å². The number of carbonyl (C=O) groups is 2. The first-order chi connectivity index (χ1) is 11.5. The standard InChI is InChI=1S/C19H17NO4/c1-12-6-5-7-14(10-12)24-11-17(21)20-13(2)18(19(22)23)15-8-3-4-9-16(15)20/h3-10H,11H2,1-2H3,(H,22,23). The molecule has 3 rings (SSSR count). The molecule has 2 aromatic carbocycles. The zero-order valence-electron chi connectivity index (χ0n) is 13.4. The van der Waals surface area contributed by atoms with Crippen molar-refractivity contribution in [2.45, 2.75) is 13.8 Å². The first kappa shape index (κ1) is 15.8. The molecule has 0 saturated carbocycles. The van der Waals surface area contributed by atoms with Gasteiger partial charge in [-0.3, -0.25) is 9.36 Å². The smallest absolute Gasteiger partial charge is 0.338 e. The van der Waals surface area contributed by atoms with Gasteiger partial charge in [-0.15, -0.1) is 0 Å². The molecule has 1 N–H and O–H groups in total. The quantitative estimate of drug-likeness (QED) is 0.795. The number of carboxylic acid groups (broad SMARTS) is 1. The summed E-state index contributed by atoms with van der Waals surface area (Å²) in [6.45, 7) is 3.41. The first-order valence-electron chi connectivity index (χ1n) is 7.55. The summed E-state index contributed by atoms with van der Waals surface area (Å²) in [6.07, 6.45) is 0. The van der Waals surface area contributed by atoms with Crippen LogP contribution >= 0.6 is 0 Å². The molecule has 3 aromatic rings. The maximum atomic E-state index is 12.6. The molecule has 0 radical (unpaired) electrons. The van der Waals surface area contributed by atoms with Crippen LogP contribution in [0.1, 0.15) is 26.4 Å². The second-order valence-electron chi connectivity index (χ2n) is 5.62. The summed E-state index contributed by atoms with van der Waals surface area (Å²) in [5.41, 5.74) is 2.16. The van der Waals surface area contributed by atoms with Gasteiger partial charge >= 0.3 is 5.97 Å². The van der Waals surface area contributed by atoms with E-state index in [1.165, 1.54) is 4.57 Å². The van der Waals surface area contributed by atoms with Crippen LogP contribution in [-0.2, 0) is 0 Å². The van der Waals surface area contributed by atoms with Gasteiger partial charge in [0.05, 0.1) is 11.1 Å². The first-order valence-corrected chi connectivity index (χ1v) is 7.55. The van der Waals surface area contributed by atoms with Gasteiger partial charge in [0.1, 0.15) is 5.75 Å². The molecule has 5 nitrogen and oxygen atoms in total. The van der Waals surface area contributed by atoms with Crippen LogP contribution in [0.5, 0.6) is 5.75 Å². The van der Waals surface area contributed by atoms with Crippen molar-refractivity contribution in [3.05, 3.63) is 65.4 Å². The van der Waals surface area contributed by atoms with Crippen molar-refractivity contribution in [1.82, 2.24) is 4.57 Å². The zero-order valence-corrected chi connectivity index (χ0v) is 13.4. The molecule has 122 valence electrons. The third-order valence-electron chi connectivity index (χ3n) is 3.93. The van der Waals surface area contributed by atoms with Crippen molar-refractivity contribution in [3.8, 4) is 5.75 Å². The summed E-state index contributed by atoms with van der Waals surface area (Å²) in [7, 11) is 0. The second kappa shape index (κ2) is 6.20. The molecule has 0 fully saturated rings. The van der Waals surface area contributed by atoms with E-state index in [-0.39, 0.29) is 18.1 Å². The highest BCUT2D eigenvalue weighted by Crippen LogP contribution is 2.26. The van der Waals surface area contributed by atoms with Crippen molar-refractivity contribution in [1.29, 1.82) is 0 Å². The van der Waals surface area contributed by atoms with Gasteiger partial charge in [-0.1, -0.05) is 30.3 Å². The predicted octanol–water partition coefficient (Wildman–Crippen LogP) is 3.68. The van der Waals surface area contributed by atoms with E-state index in [2.05, 4.69) is 0 Å². The molecule has 0 amide bonds. The van der Waals surface area contributed by atoms with Gasteiger partial charge < -0.3 is 9.84 Å². The van der Waals surface area contributed by atoms with E-state index in [9.17, 15) is 14.7 Å². The molecule has 0 saturated heterocycles. The number of aromatic carboxylic acids is 1. The van der Waals surface area contributed by atoms with Crippen LogP contribution in [0.2, 0.25) is 0 Å². The van der Waals surface area contributed by atoms with E-state index in [4.69, 9.17) is 4.74 Å². The predicted molar refractivity (Wildman–Crippen MR) is 90.9 cm³/mol. The Morgan fingerprint density at radius 2 is 1.83 bits per heavy atom. The monoisotopic (exact) mass is 323 g/mol. The number of carboxylic acids is 1. The molecule has 0 unspecified atom stereocenters. The molecule has 0 spiro atoms. The summed E-state index contributed by atoms with van der Waals surface area (Å²) in [5.74, 6) is -0.747. The van der Waals surface area contributed by atoms with Crippen molar-refractivity contribution in [3.63, 3.8) is 0 Å². The summed E-state index contributed by atoms with van der Waals surface area (Å²) < 4.78 is 6.97. The summed E-state index contributed by atoms with van der Waals surface area (Å²) in [5, 5.41) is 9.99. The number of ether oxygens (including phenoxy) is 1. The van der Waals surface area contributed by atoms with E-state index in [0.717, 1.165) is 5.56 Å². The lowest BCUT2D eigenvalue weighted by molar-refractivity contribution is 0.0698. The van der Waals surface area contributed by atoms with Crippen LogP contribution < -0.4 is 4.74 Å². The number of para-hydroxylation sites is 1. The van der Waals surface area contributed by atoms with Gasteiger partial charge in [0, 0.05) is 11.1 Å². The molecule has 0 aliphatic rings. The molecule has 24 heavy (non-hydrogen) atoms. The fourth-order valence-electron chi connectivity index (χ4n) is 2.87. The fourth-order valence-corrected chi connectivity index (χ4v) is 2.87. The second-order valence-corrected chi connectivity index (χ2v) is 5.62. The molecule has 0 aliphatic heterocycles. The Kier molecular flexibility index (Phi) is 4.08. The molecule has 0 aliphatic carbocycles. The van der Waals surface area contributed by atoms with Crippen molar-refractivity contribution < 1.29 is 19.4 Å². The third kappa shape index (κ3) is 2.76. The molecule has 0 bridgehead atoms. The highest BCUT2D eigenvalue weighted by molar-refractivity contribution is 6.08. The number of hydrogen-bond acceptors (Lipinski definition) is 3. The number of fused-ring (bicyclic) bond motifs is 1. The molecule has 1 aromatic heterocycles. The molecule has 1 heterocycles. The van der Waals surface area contributed by atoms with Gasteiger partial charge in [-0.05, 0) is 37.6 Å². The van der Waals surface area contributed by atoms with E-state index in [1.807, 2.05) is 25.1 Å². The minimum atomic E-state index is -1.05. The lowest BCUT2D eigenvalue weighted by Crippen LogP contribution is -2.20. The normalized spacial score (nSPS) is 10.8. The molecular weight excluding hydrogens is 306 g/mol. The van der Waals surface area contributed by atoms with E-state index in [1.54, 1.807) is 37.3 Å². The Balaban J connectivity index is 1.95. The third-order valence-corrected chi connectivity index (χ3v) is 3.93. The van der Waals surface area contributed by atoms with Gasteiger partial charge in [0.25, 0.3) is 5.91 Å². The van der Waals surface area contributed by atoms with Crippen LogP contribution in [0.3, 0.4) is 0 Å². The molecule has 0 atom stereocenters. The van der Waals surface area contributed by atoms with Crippen molar-refractivity contribution in [2.75, 3.05) is 6.61 Å². The Morgan fingerprint density at radius 1 is 1.08 bits per heavy atom. The zero-order chi connectivity index (χ0) is 17.3.